The molecule has 1 atom stereocenters. The molecule has 4 rings (SSSR count). The molecule has 0 spiro atoms. The highest BCUT2D eigenvalue weighted by atomic mass is 16.5. The summed E-state index contributed by atoms with van der Waals surface area (Å²) in [7, 11) is 3.25. The minimum absolute atomic E-state index is 0.0329. The topological polar surface area (TPSA) is 71.6 Å². The Balaban J connectivity index is 1.53. The van der Waals surface area contributed by atoms with Crippen LogP contribution in [-0.2, 0) is 10.2 Å². The summed E-state index contributed by atoms with van der Waals surface area (Å²) in [5.74, 6) is 1.44. The Labute approximate surface area is 158 Å². The van der Waals surface area contributed by atoms with E-state index >= 15 is 0 Å². The number of methoxy groups -OCH3 is 2. The summed E-state index contributed by atoms with van der Waals surface area (Å²) in [4.78, 5) is 12.1. The van der Waals surface area contributed by atoms with E-state index < -0.39 is 5.41 Å². The van der Waals surface area contributed by atoms with Crippen molar-refractivity contribution in [2.24, 2.45) is 0 Å². The van der Waals surface area contributed by atoms with Gasteiger partial charge in [-0.3, -0.25) is 4.79 Å². The van der Waals surface area contributed by atoms with Crippen LogP contribution in [-0.4, -0.2) is 26.3 Å². The third-order valence-corrected chi connectivity index (χ3v) is 5.16. The molecule has 1 unspecified atom stereocenters. The van der Waals surface area contributed by atoms with Gasteiger partial charge in [-0.15, -0.1) is 0 Å². The molecule has 0 aromatic heterocycles. The number of benzene rings is 2. The lowest BCUT2D eigenvalue weighted by Crippen LogP contribution is -2.26. The SMILES string of the molecule is COc1ccc(C=CC2Nc3cc4c(cc3N2)C(C)(C)C(=O)N4)cc1OC. The molecule has 140 valence electrons. The van der Waals surface area contributed by atoms with Crippen LogP contribution in [0.2, 0.25) is 0 Å². The molecule has 6 heteroatoms. The van der Waals surface area contributed by atoms with Crippen LogP contribution in [0.5, 0.6) is 11.5 Å². The van der Waals surface area contributed by atoms with Gasteiger partial charge in [-0.05, 0) is 55.3 Å². The predicted octanol–water partition coefficient (Wildman–Crippen LogP) is 3.81. The summed E-state index contributed by atoms with van der Waals surface area (Å²) >= 11 is 0. The van der Waals surface area contributed by atoms with Crippen molar-refractivity contribution in [2.75, 3.05) is 30.2 Å². The van der Waals surface area contributed by atoms with E-state index in [4.69, 9.17) is 9.47 Å². The number of hydrogen-bond donors (Lipinski definition) is 3. The van der Waals surface area contributed by atoms with Crippen LogP contribution >= 0.6 is 0 Å². The fourth-order valence-corrected chi connectivity index (χ4v) is 3.49. The molecule has 0 saturated carbocycles. The third-order valence-electron chi connectivity index (χ3n) is 5.16. The van der Waals surface area contributed by atoms with E-state index in [0.717, 1.165) is 28.2 Å². The van der Waals surface area contributed by atoms with Gasteiger partial charge >= 0.3 is 0 Å². The molecule has 0 aliphatic carbocycles. The maximum atomic E-state index is 12.1. The standard InChI is InChI=1S/C21H23N3O3/c1-21(2)13-10-15-16(11-14(13)24-20(21)25)23-19(22-15)8-6-12-5-7-17(26-3)18(9-12)27-4/h5-11,19,22-23H,1-4H3,(H,24,25). The van der Waals surface area contributed by atoms with E-state index in [1.165, 1.54) is 0 Å². The molecule has 2 aromatic rings. The summed E-state index contributed by atoms with van der Waals surface area (Å²) < 4.78 is 10.6. The molecule has 2 aliphatic rings. The van der Waals surface area contributed by atoms with Crippen molar-refractivity contribution in [3.05, 3.63) is 47.5 Å². The minimum atomic E-state index is -0.514. The highest BCUT2D eigenvalue weighted by Crippen LogP contribution is 2.43. The average molecular weight is 365 g/mol. The Hall–Kier alpha value is -3.15. The highest BCUT2D eigenvalue weighted by Gasteiger charge is 2.39. The Kier molecular flexibility index (Phi) is 3.98. The van der Waals surface area contributed by atoms with Crippen LogP contribution in [0, 0.1) is 0 Å². The summed E-state index contributed by atoms with van der Waals surface area (Å²) in [5.41, 5.74) is 4.38. The predicted molar refractivity (Wildman–Crippen MR) is 108 cm³/mol. The lowest BCUT2D eigenvalue weighted by molar-refractivity contribution is -0.119. The molecule has 2 heterocycles. The van der Waals surface area contributed by atoms with Gasteiger partial charge in [-0.25, -0.2) is 0 Å². The van der Waals surface area contributed by atoms with Crippen molar-refractivity contribution < 1.29 is 14.3 Å². The van der Waals surface area contributed by atoms with Gasteiger partial charge in [-0.1, -0.05) is 12.1 Å². The molecule has 0 saturated heterocycles. The van der Waals surface area contributed by atoms with Crippen molar-refractivity contribution in [3.63, 3.8) is 0 Å². The Morgan fingerprint density at radius 2 is 1.67 bits per heavy atom. The molecule has 2 aromatic carbocycles. The smallest absolute Gasteiger partial charge is 0.234 e. The monoisotopic (exact) mass is 365 g/mol. The first-order valence-electron chi connectivity index (χ1n) is 8.85. The number of carbonyl (C=O) groups excluding carboxylic acids is 1. The first-order valence-corrected chi connectivity index (χ1v) is 8.85. The van der Waals surface area contributed by atoms with Crippen molar-refractivity contribution >= 4 is 29.0 Å². The summed E-state index contributed by atoms with van der Waals surface area (Å²) in [5, 5.41) is 9.83. The molecule has 1 amide bonds. The van der Waals surface area contributed by atoms with Crippen LogP contribution in [0.1, 0.15) is 25.0 Å². The maximum Gasteiger partial charge on any atom is 0.234 e. The van der Waals surface area contributed by atoms with E-state index in [1.54, 1.807) is 14.2 Å². The maximum absolute atomic E-state index is 12.1. The van der Waals surface area contributed by atoms with E-state index in [0.29, 0.717) is 11.5 Å². The van der Waals surface area contributed by atoms with E-state index in [-0.39, 0.29) is 12.1 Å². The van der Waals surface area contributed by atoms with Gasteiger partial charge in [0.05, 0.1) is 31.0 Å². The largest absolute Gasteiger partial charge is 0.493 e. The number of rotatable bonds is 4. The van der Waals surface area contributed by atoms with Crippen LogP contribution in [0.15, 0.2) is 36.4 Å². The van der Waals surface area contributed by atoms with Crippen molar-refractivity contribution in [3.8, 4) is 11.5 Å². The first kappa shape index (κ1) is 17.3. The molecule has 0 fully saturated rings. The third kappa shape index (κ3) is 2.87. The molecule has 2 aliphatic heterocycles. The molecule has 6 nitrogen and oxygen atoms in total. The van der Waals surface area contributed by atoms with Gasteiger partial charge in [0, 0.05) is 5.69 Å². The Bertz CT molecular complexity index is 950. The second-order valence-corrected chi connectivity index (χ2v) is 7.26. The zero-order chi connectivity index (χ0) is 19.2. The highest BCUT2D eigenvalue weighted by molar-refractivity contribution is 6.07. The fraction of sp³-hybridized carbons (Fsp3) is 0.286. The van der Waals surface area contributed by atoms with Gasteiger partial charge in [-0.2, -0.15) is 0 Å². The average Bonchev–Trinajstić information content (AvgIpc) is 3.15. The van der Waals surface area contributed by atoms with Crippen molar-refractivity contribution in [1.29, 1.82) is 0 Å². The number of carbonyl (C=O) groups is 1. The van der Waals surface area contributed by atoms with Gasteiger partial charge in [0.1, 0.15) is 6.17 Å². The van der Waals surface area contributed by atoms with Crippen LogP contribution in [0.4, 0.5) is 17.1 Å². The first-order chi connectivity index (χ1) is 12.9. The van der Waals surface area contributed by atoms with E-state index in [2.05, 4.69) is 28.1 Å². The van der Waals surface area contributed by atoms with Crippen molar-refractivity contribution in [1.82, 2.24) is 0 Å². The van der Waals surface area contributed by atoms with Gasteiger partial charge < -0.3 is 25.4 Å². The quantitative estimate of drug-likeness (QED) is 0.768. The summed E-state index contributed by atoms with van der Waals surface area (Å²) in [6.07, 6.45) is 4.04. The number of hydrogen-bond acceptors (Lipinski definition) is 5. The number of ether oxygens (including phenoxy) is 2. The van der Waals surface area contributed by atoms with Crippen molar-refractivity contribution in [2.45, 2.75) is 25.4 Å². The lowest BCUT2D eigenvalue weighted by Gasteiger charge is -2.15. The van der Waals surface area contributed by atoms with Crippen LogP contribution < -0.4 is 25.4 Å². The molecule has 0 bridgehead atoms. The van der Waals surface area contributed by atoms with E-state index in [1.807, 2.05) is 44.2 Å². The number of nitrogens with one attached hydrogen (secondary N) is 3. The lowest BCUT2D eigenvalue weighted by atomic mass is 9.86. The zero-order valence-electron chi connectivity index (χ0n) is 15.8. The van der Waals surface area contributed by atoms with Gasteiger partial charge in [0.15, 0.2) is 11.5 Å². The molecule has 0 radical (unpaired) electrons. The fourth-order valence-electron chi connectivity index (χ4n) is 3.49. The second kappa shape index (κ2) is 6.23. The van der Waals surface area contributed by atoms with Crippen LogP contribution in [0.3, 0.4) is 0 Å². The zero-order valence-corrected chi connectivity index (χ0v) is 15.8. The van der Waals surface area contributed by atoms with Crippen LogP contribution in [0.25, 0.3) is 6.08 Å². The molecular weight excluding hydrogens is 342 g/mol. The molecule has 3 N–H and O–H groups in total. The molecular formula is C21H23N3O3. The van der Waals surface area contributed by atoms with E-state index in [9.17, 15) is 4.79 Å². The number of amides is 1. The molecule has 27 heavy (non-hydrogen) atoms. The second-order valence-electron chi connectivity index (χ2n) is 7.26. The number of anilines is 3. The minimum Gasteiger partial charge on any atom is -0.493 e. The summed E-state index contributed by atoms with van der Waals surface area (Å²) in [6, 6.07) is 9.85. The van der Waals surface area contributed by atoms with Gasteiger partial charge in [0.25, 0.3) is 0 Å². The van der Waals surface area contributed by atoms with Gasteiger partial charge in [0.2, 0.25) is 5.91 Å². The summed E-state index contributed by atoms with van der Waals surface area (Å²) in [6.45, 7) is 3.88. The normalized spacial score (nSPS) is 19.1. The Morgan fingerprint density at radius 3 is 2.37 bits per heavy atom. The Morgan fingerprint density at radius 1 is 0.963 bits per heavy atom. The number of fused-ring (bicyclic) bond motifs is 2.